The summed E-state index contributed by atoms with van der Waals surface area (Å²) < 4.78 is 4.49. The van der Waals surface area contributed by atoms with Crippen molar-refractivity contribution in [2.24, 2.45) is 5.10 Å². The van der Waals surface area contributed by atoms with Crippen LogP contribution >= 0.6 is 0 Å². The minimum absolute atomic E-state index is 0.106. The van der Waals surface area contributed by atoms with E-state index in [4.69, 9.17) is 0 Å². The summed E-state index contributed by atoms with van der Waals surface area (Å²) in [4.78, 5) is 30.5. The van der Waals surface area contributed by atoms with E-state index in [9.17, 15) is 30.1 Å². The molecule has 0 radical (unpaired) electrons. The van der Waals surface area contributed by atoms with E-state index < -0.39 is 33.1 Å². The third-order valence-corrected chi connectivity index (χ3v) is 2.15. The summed E-state index contributed by atoms with van der Waals surface area (Å²) in [6.45, 7) is 1.67. The molecule has 0 aromatic heterocycles. The second kappa shape index (κ2) is 6.79. The number of carbonyl (C=O) groups excluding carboxylic acids is 1. The number of phenols is 1. The Kier molecular flexibility index (Phi) is 5.11. The number of amides is 1. The molecule has 1 aromatic rings. The van der Waals surface area contributed by atoms with Gasteiger partial charge < -0.3 is 9.84 Å². The topological polar surface area (TPSA) is 157 Å². The van der Waals surface area contributed by atoms with Gasteiger partial charge in [-0.3, -0.25) is 20.2 Å². The van der Waals surface area contributed by atoms with Crippen molar-refractivity contribution in [1.29, 1.82) is 0 Å². The van der Waals surface area contributed by atoms with Crippen LogP contribution in [0.1, 0.15) is 12.5 Å². The lowest BCUT2D eigenvalue weighted by Crippen LogP contribution is -2.18. The van der Waals surface area contributed by atoms with Crippen molar-refractivity contribution in [2.45, 2.75) is 6.92 Å². The first-order chi connectivity index (χ1) is 9.86. The van der Waals surface area contributed by atoms with Crippen LogP contribution < -0.4 is 5.43 Å². The van der Waals surface area contributed by atoms with Crippen LogP contribution in [0.4, 0.5) is 16.2 Å². The molecule has 1 aromatic carbocycles. The van der Waals surface area contributed by atoms with E-state index in [1.54, 1.807) is 6.92 Å². The zero-order valence-corrected chi connectivity index (χ0v) is 10.7. The molecule has 0 aliphatic rings. The number of ether oxygens (including phenoxy) is 1. The van der Waals surface area contributed by atoms with E-state index in [0.29, 0.717) is 6.07 Å². The van der Waals surface area contributed by atoms with Crippen LogP contribution in [0.5, 0.6) is 5.75 Å². The van der Waals surface area contributed by atoms with Crippen LogP contribution in [0.15, 0.2) is 17.2 Å². The number of benzene rings is 1. The zero-order chi connectivity index (χ0) is 16.0. The smallest absolute Gasteiger partial charge is 0.427 e. The predicted octanol–water partition coefficient (Wildman–Crippen LogP) is 1.29. The van der Waals surface area contributed by atoms with Gasteiger partial charge in [0.1, 0.15) is 0 Å². The highest BCUT2D eigenvalue weighted by Crippen LogP contribution is 2.33. The van der Waals surface area contributed by atoms with Crippen LogP contribution in [0.25, 0.3) is 0 Å². The Morgan fingerprint density at radius 1 is 1.43 bits per heavy atom. The highest BCUT2D eigenvalue weighted by atomic mass is 16.6. The largest absolute Gasteiger partial charge is 0.502 e. The molecule has 11 heteroatoms. The maximum atomic E-state index is 10.9. The normalized spacial score (nSPS) is 10.3. The van der Waals surface area contributed by atoms with Crippen LogP contribution in [0, 0.1) is 20.2 Å². The number of nitrogens with one attached hydrogen (secondary N) is 1. The molecule has 0 spiro atoms. The molecule has 0 heterocycles. The minimum atomic E-state index is -0.974. The lowest BCUT2D eigenvalue weighted by atomic mass is 10.1. The van der Waals surface area contributed by atoms with Gasteiger partial charge in [0, 0.05) is 6.07 Å². The fourth-order valence-electron chi connectivity index (χ4n) is 1.29. The predicted molar refractivity (Wildman–Crippen MR) is 69.2 cm³/mol. The molecule has 21 heavy (non-hydrogen) atoms. The number of hydrogen-bond acceptors (Lipinski definition) is 8. The molecule has 11 nitrogen and oxygen atoms in total. The van der Waals surface area contributed by atoms with Gasteiger partial charge in [-0.25, -0.2) is 10.2 Å². The van der Waals surface area contributed by atoms with Crippen molar-refractivity contribution >= 4 is 23.7 Å². The first-order valence-electron chi connectivity index (χ1n) is 5.48. The average molecular weight is 298 g/mol. The molecule has 0 fully saturated rings. The minimum Gasteiger partial charge on any atom is -0.502 e. The number of hydrogen-bond donors (Lipinski definition) is 2. The van der Waals surface area contributed by atoms with E-state index in [1.807, 2.05) is 5.43 Å². The summed E-state index contributed by atoms with van der Waals surface area (Å²) in [5.41, 5.74) is 0.170. The summed E-state index contributed by atoms with van der Waals surface area (Å²) in [6.07, 6.45) is -0.0557. The van der Waals surface area contributed by atoms with Crippen molar-refractivity contribution < 1.29 is 24.5 Å². The molecular formula is C10H10N4O7. The molecule has 1 rings (SSSR count). The quantitative estimate of drug-likeness (QED) is 0.470. The number of rotatable bonds is 5. The Bertz CT molecular complexity index is 614. The third kappa shape index (κ3) is 4.12. The molecule has 0 unspecified atom stereocenters. The molecule has 0 aliphatic heterocycles. The summed E-state index contributed by atoms with van der Waals surface area (Å²) in [7, 11) is 0. The van der Waals surface area contributed by atoms with Crippen molar-refractivity contribution in [2.75, 3.05) is 6.61 Å². The van der Waals surface area contributed by atoms with Crippen LogP contribution in [0.3, 0.4) is 0 Å². The highest BCUT2D eigenvalue weighted by Gasteiger charge is 2.23. The van der Waals surface area contributed by atoms with E-state index in [-0.39, 0.29) is 12.2 Å². The maximum absolute atomic E-state index is 10.9. The molecule has 0 aliphatic carbocycles. The van der Waals surface area contributed by atoms with Crippen molar-refractivity contribution in [3.05, 3.63) is 37.9 Å². The number of aromatic hydroxyl groups is 1. The van der Waals surface area contributed by atoms with Gasteiger partial charge in [0.2, 0.25) is 5.75 Å². The van der Waals surface area contributed by atoms with E-state index in [2.05, 4.69) is 9.84 Å². The van der Waals surface area contributed by atoms with Gasteiger partial charge in [-0.05, 0) is 6.92 Å². The number of non-ortho nitro benzene ring substituents is 1. The van der Waals surface area contributed by atoms with Crippen LogP contribution in [-0.4, -0.2) is 33.9 Å². The van der Waals surface area contributed by atoms with Gasteiger partial charge in [0.25, 0.3) is 5.69 Å². The van der Waals surface area contributed by atoms with E-state index in [1.165, 1.54) is 0 Å². The van der Waals surface area contributed by atoms with Crippen molar-refractivity contribution in [3.63, 3.8) is 0 Å². The molecule has 0 atom stereocenters. The van der Waals surface area contributed by atoms with E-state index in [0.717, 1.165) is 12.3 Å². The zero-order valence-electron chi connectivity index (χ0n) is 10.7. The molecule has 0 bridgehead atoms. The van der Waals surface area contributed by atoms with Crippen molar-refractivity contribution in [1.82, 2.24) is 5.43 Å². The van der Waals surface area contributed by atoms with Gasteiger partial charge >= 0.3 is 11.8 Å². The molecule has 112 valence electrons. The highest BCUT2D eigenvalue weighted by molar-refractivity contribution is 5.87. The second-order valence-corrected chi connectivity index (χ2v) is 3.51. The summed E-state index contributed by atoms with van der Waals surface area (Å²) in [5.74, 6) is -0.806. The standard InChI is InChI=1S/C10H10N4O7/c1-2-21-10(16)12-11-5-6-3-7(13(17)18)4-8(9(6)15)14(19)20/h3-5,15H,2H2,1H3,(H,12,16)/b11-5-. The number of nitro benzene ring substituents is 2. The lowest BCUT2D eigenvalue weighted by Gasteiger charge is -2.01. The van der Waals surface area contributed by atoms with Gasteiger partial charge in [0.05, 0.1) is 34.3 Å². The Labute approximate surface area is 117 Å². The summed E-state index contributed by atoms with van der Waals surface area (Å²) in [5, 5.41) is 34.4. The monoisotopic (exact) mass is 298 g/mol. The van der Waals surface area contributed by atoms with Crippen LogP contribution in [-0.2, 0) is 4.74 Å². The SMILES string of the molecule is CCOC(=O)N/N=C\c1cc([N+](=O)[O-])cc([N+](=O)[O-])c1O. The first kappa shape index (κ1) is 15.8. The molecule has 2 N–H and O–H groups in total. The molecule has 0 saturated heterocycles. The van der Waals surface area contributed by atoms with E-state index >= 15 is 0 Å². The van der Waals surface area contributed by atoms with Gasteiger partial charge in [0.15, 0.2) is 0 Å². The summed E-state index contributed by atoms with van der Waals surface area (Å²) in [6, 6.07) is 1.49. The van der Waals surface area contributed by atoms with Crippen molar-refractivity contribution in [3.8, 4) is 5.75 Å². The molecule has 1 amide bonds. The van der Waals surface area contributed by atoms with Gasteiger partial charge in [-0.1, -0.05) is 0 Å². The Morgan fingerprint density at radius 3 is 2.62 bits per heavy atom. The first-order valence-corrected chi connectivity index (χ1v) is 5.48. The number of carbonyl (C=O) groups is 1. The Balaban J connectivity index is 3.11. The number of phenolic OH excluding ortho intramolecular Hbond substituents is 1. The maximum Gasteiger partial charge on any atom is 0.427 e. The fraction of sp³-hybridized carbons (Fsp3) is 0.200. The third-order valence-electron chi connectivity index (χ3n) is 2.15. The number of nitro groups is 2. The Morgan fingerprint density at radius 2 is 2.10 bits per heavy atom. The number of nitrogens with zero attached hydrogens (tertiary/aromatic N) is 3. The number of hydrazone groups is 1. The Hall–Kier alpha value is -3.24. The lowest BCUT2D eigenvalue weighted by molar-refractivity contribution is -0.394. The fourth-order valence-corrected chi connectivity index (χ4v) is 1.29. The second-order valence-electron chi connectivity index (χ2n) is 3.51. The summed E-state index contributed by atoms with van der Waals surface area (Å²) >= 11 is 0. The molecule has 0 saturated carbocycles. The van der Waals surface area contributed by atoms with Gasteiger partial charge in [-0.15, -0.1) is 0 Å². The average Bonchev–Trinajstić information content (AvgIpc) is 2.40. The van der Waals surface area contributed by atoms with Crippen LogP contribution in [0.2, 0.25) is 0 Å². The molecular weight excluding hydrogens is 288 g/mol. The van der Waals surface area contributed by atoms with Gasteiger partial charge in [-0.2, -0.15) is 5.10 Å².